The van der Waals surface area contributed by atoms with E-state index in [1.54, 1.807) is 0 Å². The smallest absolute Gasteiger partial charge is 0.126 e. The van der Waals surface area contributed by atoms with E-state index in [9.17, 15) is 0 Å². The van der Waals surface area contributed by atoms with Gasteiger partial charge < -0.3 is 0 Å². The largest absolute Gasteiger partial charge is 0.344 e. The minimum atomic E-state index is -2.45. The van der Waals surface area contributed by atoms with Crippen molar-refractivity contribution < 1.29 is 0 Å². The maximum Gasteiger partial charge on any atom is 0.344 e. The Morgan fingerprint density at radius 2 is 1.45 bits per heavy atom. The van der Waals surface area contributed by atoms with E-state index < -0.39 is 6.00 Å². The molecule has 0 aromatic heterocycles. The van der Waals surface area contributed by atoms with Crippen LogP contribution >= 0.6 is 33.2 Å². The zero-order valence-electron chi connectivity index (χ0n) is 7.20. The molecule has 0 radical (unpaired) electrons. The first-order valence-electron chi connectivity index (χ1n) is 4.00. The molecule has 0 nitrogen and oxygen atoms in total. The fraction of sp³-hybridized carbons (Fsp3) is 1.00. The van der Waals surface area contributed by atoms with Crippen molar-refractivity contribution in [2.45, 2.75) is 39.2 Å². The summed E-state index contributed by atoms with van der Waals surface area (Å²) in [6, 6.07) is -2.45. The molecule has 0 fully saturated rings. The molecule has 0 saturated heterocycles. The van der Waals surface area contributed by atoms with Crippen molar-refractivity contribution >= 4 is 39.2 Å². The lowest BCUT2D eigenvalue weighted by Crippen LogP contribution is -2.23. The third kappa shape index (κ3) is 4.02. The second-order valence-corrected chi connectivity index (χ2v) is 12.0. The van der Waals surface area contributed by atoms with Crippen LogP contribution in [0.1, 0.15) is 33.6 Å². The highest BCUT2D eigenvalue weighted by Gasteiger charge is 2.36. The fourth-order valence-electron chi connectivity index (χ4n) is 1.26. The average molecular weight is 234 g/mol. The van der Waals surface area contributed by atoms with Crippen LogP contribution in [0.15, 0.2) is 0 Å². The van der Waals surface area contributed by atoms with Crippen LogP contribution in [0, 0.1) is 5.92 Å². The topological polar surface area (TPSA) is 0 Å². The van der Waals surface area contributed by atoms with Gasteiger partial charge in [-0.25, -0.2) is 0 Å². The summed E-state index contributed by atoms with van der Waals surface area (Å²) in [5.41, 5.74) is 0.280. The normalized spacial score (nSPS) is 15.5. The van der Waals surface area contributed by atoms with Gasteiger partial charge in [0.1, 0.15) is 0 Å². The van der Waals surface area contributed by atoms with Crippen LogP contribution in [0.25, 0.3) is 0 Å². The fourth-order valence-corrected chi connectivity index (χ4v) is 3.87. The number of hydrogen-bond donors (Lipinski definition) is 0. The Bertz CT molecular complexity index is 107. The van der Waals surface area contributed by atoms with Gasteiger partial charge in [-0.2, -0.15) is 0 Å². The van der Waals surface area contributed by atoms with E-state index in [1.165, 1.54) is 0 Å². The summed E-state index contributed by atoms with van der Waals surface area (Å²) < 4.78 is 0. The Hall–Kier alpha value is 1.09. The first-order chi connectivity index (χ1) is 4.93. The zero-order valence-corrected chi connectivity index (χ0v) is 10.5. The molecule has 0 bridgehead atoms. The molecule has 0 rings (SSSR count). The lowest BCUT2D eigenvalue weighted by molar-refractivity contribution is 0.474. The Kier molecular flexibility index (Phi) is 5.45. The van der Waals surface area contributed by atoms with Gasteiger partial charge in [0, 0.05) is 0 Å². The molecule has 0 amide bonds. The molecule has 0 heterocycles. The lowest BCUT2D eigenvalue weighted by Gasteiger charge is -2.25. The predicted molar refractivity (Wildman–Crippen MR) is 56.8 cm³/mol. The second-order valence-electron chi connectivity index (χ2n) is 2.91. The van der Waals surface area contributed by atoms with Crippen molar-refractivity contribution in [3.05, 3.63) is 0 Å². The standard InChI is InChI=1S/C7H15Cl3Si/c1-4-7(5-2)6(3)11(8,9)10/h6-7H,4-5H2,1-3H3. The van der Waals surface area contributed by atoms with Gasteiger partial charge in [-0.15, -0.1) is 33.2 Å². The maximum absolute atomic E-state index is 5.91. The molecular formula is C7H15Cl3Si. The van der Waals surface area contributed by atoms with Crippen LogP contribution in [0.2, 0.25) is 5.54 Å². The molecule has 0 saturated carbocycles. The lowest BCUT2D eigenvalue weighted by atomic mass is 10.0. The molecule has 0 aliphatic rings. The van der Waals surface area contributed by atoms with E-state index >= 15 is 0 Å². The number of hydrogen-bond acceptors (Lipinski definition) is 0. The van der Waals surface area contributed by atoms with Gasteiger partial charge in [-0.3, -0.25) is 0 Å². The Morgan fingerprint density at radius 3 is 1.55 bits per heavy atom. The molecule has 0 aromatic rings. The van der Waals surface area contributed by atoms with E-state index in [2.05, 4.69) is 20.8 Å². The molecule has 0 aliphatic heterocycles. The highest BCUT2D eigenvalue weighted by molar-refractivity contribution is 7.65. The van der Waals surface area contributed by atoms with E-state index in [0.717, 1.165) is 12.8 Å². The van der Waals surface area contributed by atoms with E-state index in [0.29, 0.717) is 5.92 Å². The Balaban J connectivity index is 4.09. The van der Waals surface area contributed by atoms with Gasteiger partial charge >= 0.3 is 6.00 Å². The van der Waals surface area contributed by atoms with Crippen molar-refractivity contribution in [3.8, 4) is 0 Å². The van der Waals surface area contributed by atoms with Crippen molar-refractivity contribution in [1.82, 2.24) is 0 Å². The van der Waals surface area contributed by atoms with Crippen molar-refractivity contribution in [2.24, 2.45) is 5.92 Å². The summed E-state index contributed by atoms with van der Waals surface area (Å²) in [4.78, 5) is 0. The summed E-state index contributed by atoms with van der Waals surface area (Å²) in [6.07, 6.45) is 2.22. The highest BCUT2D eigenvalue weighted by Crippen LogP contribution is 2.41. The molecule has 11 heavy (non-hydrogen) atoms. The molecule has 68 valence electrons. The Morgan fingerprint density at radius 1 is 1.09 bits per heavy atom. The monoisotopic (exact) mass is 232 g/mol. The number of rotatable bonds is 4. The summed E-state index contributed by atoms with van der Waals surface area (Å²) in [7, 11) is 0. The van der Waals surface area contributed by atoms with Crippen LogP contribution in [0.4, 0.5) is 0 Å². The minimum absolute atomic E-state index is 0.280. The van der Waals surface area contributed by atoms with Crippen molar-refractivity contribution in [1.29, 1.82) is 0 Å². The van der Waals surface area contributed by atoms with Crippen LogP contribution in [-0.4, -0.2) is 6.00 Å². The molecule has 0 N–H and O–H groups in total. The molecule has 1 unspecified atom stereocenters. The van der Waals surface area contributed by atoms with Crippen LogP contribution in [0.3, 0.4) is 0 Å². The minimum Gasteiger partial charge on any atom is -0.126 e. The average Bonchev–Trinajstić information content (AvgIpc) is 1.88. The molecule has 1 atom stereocenters. The number of halogens is 3. The van der Waals surface area contributed by atoms with Crippen LogP contribution < -0.4 is 0 Å². The first-order valence-corrected chi connectivity index (χ1v) is 9.11. The van der Waals surface area contributed by atoms with Gasteiger partial charge in [-0.1, -0.05) is 33.6 Å². The molecular weight excluding hydrogens is 219 g/mol. The van der Waals surface area contributed by atoms with Crippen LogP contribution in [-0.2, 0) is 0 Å². The van der Waals surface area contributed by atoms with Crippen molar-refractivity contribution in [2.75, 3.05) is 0 Å². The van der Waals surface area contributed by atoms with Gasteiger partial charge in [0.05, 0.1) is 0 Å². The third-order valence-electron chi connectivity index (χ3n) is 2.27. The Labute approximate surface area is 84.3 Å². The quantitative estimate of drug-likeness (QED) is 0.497. The summed E-state index contributed by atoms with van der Waals surface area (Å²) in [5.74, 6) is 0.578. The molecule has 0 aromatic carbocycles. The van der Waals surface area contributed by atoms with Gasteiger partial charge in [0.25, 0.3) is 0 Å². The second kappa shape index (κ2) is 4.96. The van der Waals surface area contributed by atoms with E-state index in [4.69, 9.17) is 33.2 Å². The third-order valence-corrected chi connectivity index (χ3v) is 6.87. The SMILES string of the molecule is CCC(CC)C(C)[Si](Cl)(Cl)Cl. The highest BCUT2D eigenvalue weighted by atomic mass is 35.8. The molecule has 0 spiro atoms. The maximum atomic E-state index is 5.91. The van der Waals surface area contributed by atoms with Gasteiger partial charge in [0.15, 0.2) is 0 Å². The molecule has 4 heteroatoms. The summed E-state index contributed by atoms with van der Waals surface area (Å²) >= 11 is 17.7. The molecule has 0 aliphatic carbocycles. The first kappa shape index (κ1) is 12.1. The zero-order chi connectivity index (χ0) is 9.07. The predicted octanol–water partition coefficient (Wildman–Crippen LogP) is 4.47. The summed E-state index contributed by atoms with van der Waals surface area (Å²) in [5, 5.41) is 0. The van der Waals surface area contributed by atoms with Crippen molar-refractivity contribution in [3.63, 3.8) is 0 Å². The van der Waals surface area contributed by atoms with Gasteiger partial charge in [-0.05, 0) is 11.5 Å². The van der Waals surface area contributed by atoms with Crippen LogP contribution in [0.5, 0.6) is 0 Å². The summed E-state index contributed by atoms with van der Waals surface area (Å²) in [6.45, 7) is 6.35. The van der Waals surface area contributed by atoms with E-state index in [-0.39, 0.29) is 5.54 Å². The van der Waals surface area contributed by atoms with E-state index in [1.807, 2.05) is 0 Å². The van der Waals surface area contributed by atoms with Gasteiger partial charge in [0.2, 0.25) is 0 Å².